The van der Waals surface area contributed by atoms with Gasteiger partial charge in [0.25, 0.3) is 0 Å². The molecule has 0 spiro atoms. The lowest BCUT2D eigenvalue weighted by molar-refractivity contribution is 0.434. The van der Waals surface area contributed by atoms with Crippen LogP contribution >= 0.6 is 0 Å². The average molecular weight is 271 g/mol. The van der Waals surface area contributed by atoms with E-state index in [1.807, 2.05) is 12.1 Å². The van der Waals surface area contributed by atoms with E-state index in [1.54, 1.807) is 0 Å². The summed E-state index contributed by atoms with van der Waals surface area (Å²) in [4.78, 5) is 4.86. The van der Waals surface area contributed by atoms with Gasteiger partial charge in [0.1, 0.15) is 5.82 Å². The summed E-state index contributed by atoms with van der Waals surface area (Å²) in [7, 11) is 0. The fraction of sp³-hybridized carbons (Fsp3) is 0.588. The maximum Gasteiger partial charge on any atom is 0.112 e. The third kappa shape index (κ3) is 2.41. The number of fused-ring (bicyclic) bond motifs is 1. The molecule has 1 aliphatic carbocycles. The van der Waals surface area contributed by atoms with Crippen molar-refractivity contribution < 1.29 is 0 Å². The lowest BCUT2D eigenvalue weighted by Crippen LogP contribution is -2.12. The van der Waals surface area contributed by atoms with E-state index in [-0.39, 0.29) is 0 Å². The molecule has 0 saturated heterocycles. The molecule has 1 fully saturated rings. The van der Waals surface area contributed by atoms with Gasteiger partial charge in [0.05, 0.1) is 11.0 Å². The summed E-state index contributed by atoms with van der Waals surface area (Å²) in [6.07, 6.45) is 8.03. The highest BCUT2D eigenvalue weighted by atomic mass is 15.1. The Morgan fingerprint density at radius 1 is 1.15 bits per heavy atom. The summed E-state index contributed by atoms with van der Waals surface area (Å²) in [5, 5.41) is 0. The van der Waals surface area contributed by atoms with Crippen molar-refractivity contribution in [2.45, 2.75) is 64.3 Å². The van der Waals surface area contributed by atoms with Crippen LogP contribution in [0.25, 0.3) is 11.0 Å². The number of hydrogen-bond donors (Lipinski definition) is 1. The fourth-order valence-electron chi connectivity index (χ4n) is 3.44. The van der Waals surface area contributed by atoms with Gasteiger partial charge in [-0.3, -0.25) is 0 Å². The van der Waals surface area contributed by atoms with E-state index in [0.29, 0.717) is 12.0 Å². The second-order valence-corrected chi connectivity index (χ2v) is 6.39. The monoisotopic (exact) mass is 271 g/mol. The predicted molar refractivity (Wildman–Crippen MR) is 85.0 cm³/mol. The van der Waals surface area contributed by atoms with Crippen molar-refractivity contribution in [1.82, 2.24) is 9.55 Å². The quantitative estimate of drug-likeness (QED) is 0.639. The van der Waals surface area contributed by atoms with Crippen LogP contribution in [0.4, 0.5) is 5.69 Å². The maximum absolute atomic E-state index is 5.91. The van der Waals surface area contributed by atoms with Crippen LogP contribution in [-0.2, 0) is 0 Å². The number of anilines is 1. The third-order valence-corrected chi connectivity index (χ3v) is 4.45. The standard InChI is InChI=1S/C17H25N3/c1-12(2)17-19-15-11-13(18)9-10-16(15)20(17)14-7-5-3-4-6-8-14/h9-12,14H,3-8,18H2,1-2H3. The van der Waals surface area contributed by atoms with Crippen molar-refractivity contribution in [2.75, 3.05) is 5.73 Å². The van der Waals surface area contributed by atoms with Crippen LogP contribution in [-0.4, -0.2) is 9.55 Å². The summed E-state index contributed by atoms with van der Waals surface area (Å²) < 4.78 is 2.50. The Morgan fingerprint density at radius 3 is 2.50 bits per heavy atom. The first-order valence-corrected chi connectivity index (χ1v) is 7.94. The predicted octanol–water partition coefficient (Wildman–Crippen LogP) is 4.64. The molecule has 1 aromatic heterocycles. The average Bonchev–Trinajstić information content (AvgIpc) is 2.59. The van der Waals surface area contributed by atoms with Gasteiger partial charge in [0, 0.05) is 17.6 Å². The molecule has 0 radical (unpaired) electrons. The minimum Gasteiger partial charge on any atom is -0.399 e. The van der Waals surface area contributed by atoms with E-state index in [4.69, 9.17) is 10.7 Å². The molecule has 3 rings (SSSR count). The second-order valence-electron chi connectivity index (χ2n) is 6.39. The zero-order valence-corrected chi connectivity index (χ0v) is 12.6. The van der Waals surface area contributed by atoms with Gasteiger partial charge < -0.3 is 10.3 Å². The second kappa shape index (κ2) is 5.47. The van der Waals surface area contributed by atoms with Gasteiger partial charge in [0.15, 0.2) is 0 Å². The largest absolute Gasteiger partial charge is 0.399 e. The first-order chi connectivity index (χ1) is 9.66. The highest BCUT2D eigenvalue weighted by Gasteiger charge is 2.21. The van der Waals surface area contributed by atoms with Gasteiger partial charge in [-0.1, -0.05) is 39.5 Å². The zero-order chi connectivity index (χ0) is 14.1. The molecule has 0 aliphatic heterocycles. The van der Waals surface area contributed by atoms with Crippen molar-refractivity contribution >= 4 is 16.7 Å². The number of imidazole rings is 1. The lowest BCUT2D eigenvalue weighted by atomic mass is 10.1. The molecule has 1 aromatic carbocycles. The molecule has 1 aliphatic rings. The van der Waals surface area contributed by atoms with Crippen molar-refractivity contribution in [1.29, 1.82) is 0 Å². The van der Waals surface area contributed by atoms with Crippen LogP contribution in [0.15, 0.2) is 18.2 Å². The zero-order valence-electron chi connectivity index (χ0n) is 12.6. The Labute approximate surface area is 121 Å². The highest BCUT2D eigenvalue weighted by molar-refractivity contribution is 5.80. The SMILES string of the molecule is CC(C)c1nc2cc(N)ccc2n1C1CCCCCC1. The molecule has 0 unspecified atom stereocenters. The lowest BCUT2D eigenvalue weighted by Gasteiger charge is -2.21. The Morgan fingerprint density at radius 2 is 1.85 bits per heavy atom. The van der Waals surface area contributed by atoms with Crippen molar-refractivity contribution in [3.8, 4) is 0 Å². The van der Waals surface area contributed by atoms with Crippen LogP contribution in [0.2, 0.25) is 0 Å². The van der Waals surface area contributed by atoms with Gasteiger partial charge >= 0.3 is 0 Å². The summed E-state index contributed by atoms with van der Waals surface area (Å²) in [5.74, 6) is 1.67. The molecule has 3 heteroatoms. The van der Waals surface area contributed by atoms with E-state index < -0.39 is 0 Å². The van der Waals surface area contributed by atoms with Crippen molar-refractivity contribution in [2.24, 2.45) is 0 Å². The minimum atomic E-state index is 0.451. The van der Waals surface area contributed by atoms with Crippen LogP contribution in [0, 0.1) is 0 Å². The highest BCUT2D eigenvalue weighted by Crippen LogP contribution is 2.34. The normalized spacial score (nSPS) is 17.8. The first-order valence-electron chi connectivity index (χ1n) is 7.94. The Kier molecular flexibility index (Phi) is 3.68. The Bertz CT molecular complexity index is 590. The molecular formula is C17H25N3. The van der Waals surface area contributed by atoms with Crippen molar-refractivity contribution in [3.05, 3.63) is 24.0 Å². The Balaban J connectivity index is 2.12. The number of nitrogen functional groups attached to an aromatic ring is 1. The molecule has 0 amide bonds. The van der Waals surface area contributed by atoms with Gasteiger partial charge in [-0.15, -0.1) is 0 Å². The molecule has 1 heterocycles. The van der Waals surface area contributed by atoms with E-state index in [9.17, 15) is 0 Å². The number of rotatable bonds is 2. The van der Waals surface area contributed by atoms with Crippen molar-refractivity contribution in [3.63, 3.8) is 0 Å². The Hall–Kier alpha value is -1.51. The number of benzene rings is 1. The molecule has 1 saturated carbocycles. The van der Waals surface area contributed by atoms with E-state index in [2.05, 4.69) is 24.5 Å². The third-order valence-electron chi connectivity index (χ3n) is 4.45. The van der Waals surface area contributed by atoms with Gasteiger partial charge in [-0.05, 0) is 31.0 Å². The molecule has 2 aromatic rings. The van der Waals surface area contributed by atoms with Gasteiger partial charge in [-0.25, -0.2) is 4.98 Å². The molecule has 108 valence electrons. The summed E-state index contributed by atoms with van der Waals surface area (Å²) >= 11 is 0. The molecular weight excluding hydrogens is 246 g/mol. The molecule has 20 heavy (non-hydrogen) atoms. The summed E-state index contributed by atoms with van der Waals surface area (Å²) in [6.45, 7) is 4.47. The fourth-order valence-corrected chi connectivity index (χ4v) is 3.44. The topological polar surface area (TPSA) is 43.8 Å². The number of nitrogens with zero attached hydrogens (tertiary/aromatic N) is 2. The van der Waals surface area contributed by atoms with E-state index in [1.165, 1.54) is 49.9 Å². The number of hydrogen-bond acceptors (Lipinski definition) is 2. The minimum absolute atomic E-state index is 0.451. The van der Waals surface area contributed by atoms with Crippen LogP contribution in [0.3, 0.4) is 0 Å². The molecule has 2 N–H and O–H groups in total. The van der Waals surface area contributed by atoms with Gasteiger partial charge in [0.2, 0.25) is 0 Å². The van der Waals surface area contributed by atoms with Gasteiger partial charge in [-0.2, -0.15) is 0 Å². The molecule has 3 nitrogen and oxygen atoms in total. The van der Waals surface area contributed by atoms with E-state index in [0.717, 1.165) is 11.2 Å². The van der Waals surface area contributed by atoms with Crippen LogP contribution < -0.4 is 5.73 Å². The maximum atomic E-state index is 5.91. The number of aromatic nitrogens is 2. The number of nitrogens with two attached hydrogens (primary N) is 1. The van der Waals surface area contributed by atoms with Crippen LogP contribution in [0.5, 0.6) is 0 Å². The van der Waals surface area contributed by atoms with E-state index >= 15 is 0 Å². The molecule has 0 atom stereocenters. The summed E-state index contributed by atoms with van der Waals surface area (Å²) in [6, 6.07) is 6.77. The first kappa shape index (κ1) is 13.5. The smallest absolute Gasteiger partial charge is 0.112 e. The summed E-state index contributed by atoms with van der Waals surface area (Å²) in [5.41, 5.74) is 9.03. The van der Waals surface area contributed by atoms with Crippen LogP contribution in [0.1, 0.15) is 70.2 Å². The molecule has 0 bridgehead atoms.